The Kier molecular flexibility index (Phi) is 8.82. The Hall–Kier alpha value is 0.277. The number of aromatic nitrogens is 1. The first kappa shape index (κ1) is 20.3. The maximum Gasteiger partial charge on any atom is 0.192 e. The first-order chi connectivity index (χ1) is 10.4. The van der Waals surface area contributed by atoms with Crippen LogP contribution in [0.5, 0.6) is 0 Å². The number of alkyl halides is 1. The molecule has 1 aromatic heterocycles. The van der Waals surface area contributed by atoms with Crippen LogP contribution in [0.4, 0.5) is 0 Å². The SMILES string of the molecule is CC[Si](CC)(CC)OC(/C(C)=C/c1csc(C)n1)C(C)CI. The molecule has 0 aromatic carbocycles. The van der Waals surface area contributed by atoms with E-state index in [4.69, 9.17) is 4.43 Å². The van der Waals surface area contributed by atoms with E-state index in [0.717, 1.165) is 15.1 Å². The van der Waals surface area contributed by atoms with Gasteiger partial charge in [-0.2, -0.15) is 0 Å². The molecule has 0 saturated carbocycles. The molecule has 5 heteroatoms. The second-order valence-corrected chi connectivity index (χ2v) is 12.8. The van der Waals surface area contributed by atoms with Crippen molar-refractivity contribution in [3.05, 3.63) is 21.7 Å². The minimum atomic E-state index is -1.60. The van der Waals surface area contributed by atoms with Gasteiger partial charge in [0, 0.05) is 9.81 Å². The third-order valence-electron chi connectivity index (χ3n) is 4.53. The molecule has 2 unspecified atom stereocenters. The van der Waals surface area contributed by atoms with Crippen LogP contribution in [0, 0.1) is 12.8 Å². The molecule has 0 saturated heterocycles. The number of hydrogen-bond acceptors (Lipinski definition) is 3. The monoisotopic (exact) mass is 451 g/mol. The molecule has 0 aliphatic carbocycles. The maximum absolute atomic E-state index is 6.82. The third kappa shape index (κ3) is 5.42. The quantitative estimate of drug-likeness (QED) is 0.249. The van der Waals surface area contributed by atoms with Crippen molar-refractivity contribution in [3.63, 3.8) is 0 Å². The molecule has 22 heavy (non-hydrogen) atoms. The molecule has 0 fully saturated rings. The van der Waals surface area contributed by atoms with Gasteiger partial charge in [0.15, 0.2) is 8.32 Å². The predicted octanol–water partition coefficient (Wildman–Crippen LogP) is 6.32. The number of thiazole rings is 1. The summed E-state index contributed by atoms with van der Waals surface area (Å²) in [5, 5.41) is 3.26. The van der Waals surface area contributed by atoms with Crippen LogP contribution in [-0.4, -0.2) is 23.8 Å². The summed E-state index contributed by atoms with van der Waals surface area (Å²) in [5.41, 5.74) is 2.40. The average Bonchev–Trinajstić information content (AvgIpc) is 2.93. The highest BCUT2D eigenvalue weighted by molar-refractivity contribution is 14.1. The van der Waals surface area contributed by atoms with Gasteiger partial charge in [-0.3, -0.25) is 0 Å². The zero-order valence-electron chi connectivity index (χ0n) is 14.8. The summed E-state index contributed by atoms with van der Waals surface area (Å²) in [5.74, 6) is 0.535. The summed E-state index contributed by atoms with van der Waals surface area (Å²) < 4.78 is 7.94. The third-order valence-corrected chi connectivity index (χ3v) is 11.3. The Labute approximate surface area is 155 Å². The minimum absolute atomic E-state index is 0.227. The summed E-state index contributed by atoms with van der Waals surface area (Å²) in [6.45, 7) is 13.5. The van der Waals surface area contributed by atoms with E-state index in [1.165, 1.54) is 23.7 Å². The van der Waals surface area contributed by atoms with Crippen molar-refractivity contribution in [3.8, 4) is 0 Å². The highest BCUT2D eigenvalue weighted by atomic mass is 127. The first-order valence-corrected chi connectivity index (χ1v) is 13.2. The lowest BCUT2D eigenvalue weighted by atomic mass is 10.00. The lowest BCUT2D eigenvalue weighted by Crippen LogP contribution is -2.42. The molecule has 0 bridgehead atoms. The van der Waals surface area contributed by atoms with Crippen molar-refractivity contribution >= 4 is 48.3 Å². The van der Waals surface area contributed by atoms with Gasteiger partial charge in [-0.1, -0.05) is 50.3 Å². The number of aryl methyl sites for hydroxylation is 1. The van der Waals surface area contributed by atoms with Gasteiger partial charge in [-0.25, -0.2) is 4.98 Å². The maximum atomic E-state index is 6.82. The fourth-order valence-corrected chi connectivity index (χ4v) is 6.76. The standard InChI is InChI=1S/C17H30INOSSi/c1-7-22(8-2,9-3)20-17(14(5)11-18)13(4)10-16-12-21-15(6)19-16/h10,12,14,17H,7-9,11H2,1-6H3/b13-10+. The molecule has 0 aliphatic heterocycles. The smallest absolute Gasteiger partial charge is 0.192 e. The zero-order valence-corrected chi connectivity index (χ0v) is 18.8. The van der Waals surface area contributed by atoms with Crippen molar-refractivity contribution in [1.82, 2.24) is 4.98 Å². The van der Waals surface area contributed by atoms with E-state index in [-0.39, 0.29) is 6.10 Å². The predicted molar refractivity (Wildman–Crippen MR) is 111 cm³/mol. The van der Waals surface area contributed by atoms with Crippen LogP contribution in [0.1, 0.15) is 45.3 Å². The van der Waals surface area contributed by atoms with Gasteiger partial charge in [-0.05, 0) is 49.5 Å². The number of hydrogen-bond donors (Lipinski definition) is 0. The van der Waals surface area contributed by atoms with Gasteiger partial charge in [-0.15, -0.1) is 11.3 Å². The Balaban J connectivity index is 3.04. The van der Waals surface area contributed by atoms with E-state index in [2.05, 4.69) is 80.6 Å². The number of halogens is 1. The molecule has 0 spiro atoms. The number of nitrogens with zero attached hydrogens (tertiary/aromatic N) is 1. The van der Waals surface area contributed by atoms with Crippen LogP contribution in [0.25, 0.3) is 6.08 Å². The van der Waals surface area contributed by atoms with Crippen molar-refractivity contribution in [1.29, 1.82) is 0 Å². The Morgan fingerprint density at radius 1 is 1.36 bits per heavy atom. The van der Waals surface area contributed by atoms with Crippen molar-refractivity contribution in [2.24, 2.45) is 5.92 Å². The fraction of sp³-hybridized carbons (Fsp3) is 0.706. The molecule has 0 amide bonds. The summed E-state index contributed by atoms with van der Waals surface area (Å²) >= 11 is 4.19. The first-order valence-electron chi connectivity index (χ1n) is 8.25. The van der Waals surface area contributed by atoms with Gasteiger partial charge in [0.05, 0.1) is 16.8 Å². The highest BCUT2D eigenvalue weighted by Gasteiger charge is 2.34. The topological polar surface area (TPSA) is 22.1 Å². The largest absolute Gasteiger partial charge is 0.410 e. The second-order valence-electron chi connectivity index (χ2n) is 6.09. The molecule has 1 aromatic rings. The van der Waals surface area contributed by atoms with Crippen LogP contribution in [0.15, 0.2) is 11.0 Å². The van der Waals surface area contributed by atoms with Gasteiger partial charge >= 0.3 is 0 Å². The van der Waals surface area contributed by atoms with E-state index in [1.54, 1.807) is 11.3 Å². The Morgan fingerprint density at radius 2 is 1.95 bits per heavy atom. The van der Waals surface area contributed by atoms with E-state index < -0.39 is 8.32 Å². The zero-order chi connectivity index (χ0) is 16.8. The summed E-state index contributed by atoms with van der Waals surface area (Å²) in [7, 11) is -1.60. The molecule has 2 atom stereocenters. The molecule has 0 aliphatic rings. The molecular weight excluding hydrogens is 421 g/mol. The lowest BCUT2D eigenvalue weighted by molar-refractivity contribution is 0.176. The van der Waals surface area contributed by atoms with Gasteiger partial charge < -0.3 is 4.43 Å². The summed E-state index contributed by atoms with van der Waals surface area (Å²) in [4.78, 5) is 4.57. The van der Waals surface area contributed by atoms with Gasteiger partial charge in [0.25, 0.3) is 0 Å². The van der Waals surface area contributed by atoms with E-state index in [0.29, 0.717) is 5.92 Å². The number of rotatable bonds is 9. The van der Waals surface area contributed by atoms with Crippen molar-refractivity contribution in [2.45, 2.75) is 65.8 Å². The van der Waals surface area contributed by atoms with Crippen LogP contribution in [0.3, 0.4) is 0 Å². The van der Waals surface area contributed by atoms with Crippen LogP contribution in [0.2, 0.25) is 18.1 Å². The Morgan fingerprint density at radius 3 is 2.36 bits per heavy atom. The summed E-state index contributed by atoms with van der Waals surface area (Å²) in [6, 6.07) is 3.61. The van der Waals surface area contributed by atoms with Crippen LogP contribution < -0.4 is 0 Å². The van der Waals surface area contributed by atoms with Crippen LogP contribution in [-0.2, 0) is 4.43 Å². The fourth-order valence-electron chi connectivity index (χ4n) is 2.77. The lowest BCUT2D eigenvalue weighted by Gasteiger charge is -2.36. The molecule has 2 nitrogen and oxygen atoms in total. The van der Waals surface area contributed by atoms with Crippen molar-refractivity contribution < 1.29 is 4.43 Å². The van der Waals surface area contributed by atoms with E-state index >= 15 is 0 Å². The molecule has 126 valence electrons. The molecule has 1 rings (SSSR count). The molecule has 1 heterocycles. The molecule has 0 radical (unpaired) electrons. The van der Waals surface area contributed by atoms with Gasteiger partial charge in [0.2, 0.25) is 0 Å². The second kappa shape index (κ2) is 9.54. The van der Waals surface area contributed by atoms with E-state index in [9.17, 15) is 0 Å². The average molecular weight is 451 g/mol. The van der Waals surface area contributed by atoms with Crippen molar-refractivity contribution in [2.75, 3.05) is 4.43 Å². The molecule has 0 N–H and O–H groups in total. The highest BCUT2D eigenvalue weighted by Crippen LogP contribution is 2.30. The van der Waals surface area contributed by atoms with E-state index in [1.807, 2.05) is 0 Å². The Bertz CT molecular complexity index is 476. The normalized spacial score (nSPS) is 15.9. The summed E-state index contributed by atoms with van der Waals surface area (Å²) in [6.07, 6.45) is 2.45. The van der Waals surface area contributed by atoms with Crippen LogP contribution >= 0.6 is 33.9 Å². The van der Waals surface area contributed by atoms with Gasteiger partial charge in [0.1, 0.15) is 0 Å². The minimum Gasteiger partial charge on any atom is -0.410 e. The molecular formula is C17H30INOSSi.